The lowest BCUT2D eigenvalue weighted by Gasteiger charge is -2.22. The van der Waals surface area contributed by atoms with Crippen molar-refractivity contribution in [1.29, 1.82) is 0 Å². The van der Waals surface area contributed by atoms with Crippen LogP contribution in [-0.4, -0.2) is 67.2 Å². The molecule has 1 aromatic heterocycles. The van der Waals surface area contributed by atoms with Gasteiger partial charge in [-0.2, -0.15) is 0 Å². The van der Waals surface area contributed by atoms with Gasteiger partial charge >= 0.3 is 12.0 Å². The largest absolute Gasteiger partial charge is 0.489 e. The van der Waals surface area contributed by atoms with E-state index < -0.39 is 11.8 Å². The third kappa shape index (κ3) is 10.4. The number of hydrogen-bond donors (Lipinski definition) is 4. The molecule has 0 radical (unpaired) electrons. The van der Waals surface area contributed by atoms with Crippen LogP contribution in [0.25, 0.3) is 5.57 Å². The maximum Gasteiger partial charge on any atom is 0.323 e. The Morgan fingerprint density at radius 1 is 1.12 bits per heavy atom. The van der Waals surface area contributed by atoms with E-state index in [4.69, 9.17) is 9.47 Å². The zero-order valence-electron chi connectivity index (χ0n) is 27.7. The molecule has 4 N–H and O–H groups in total. The number of hydrogen-bond acceptors (Lipinski definition) is 6. The minimum absolute atomic E-state index is 0.105. The van der Waals surface area contributed by atoms with Crippen LogP contribution in [0.1, 0.15) is 54.2 Å². The highest BCUT2D eigenvalue weighted by atomic mass is 19.1. The smallest absolute Gasteiger partial charge is 0.323 e. The first-order valence-corrected chi connectivity index (χ1v) is 16.1. The van der Waals surface area contributed by atoms with Gasteiger partial charge in [-0.15, -0.1) is 0 Å². The highest BCUT2D eigenvalue weighted by Crippen LogP contribution is 2.22. The summed E-state index contributed by atoms with van der Waals surface area (Å²) in [5, 5.41) is 8.16. The molecule has 1 fully saturated rings. The normalized spacial score (nSPS) is 14.9. The maximum atomic E-state index is 14.0. The summed E-state index contributed by atoms with van der Waals surface area (Å²) < 4.78 is 24.9. The van der Waals surface area contributed by atoms with E-state index in [9.17, 15) is 18.8 Å². The highest BCUT2D eigenvalue weighted by molar-refractivity contribution is 6.00. The summed E-state index contributed by atoms with van der Waals surface area (Å²) in [6.07, 6.45) is 10.9. The summed E-state index contributed by atoms with van der Waals surface area (Å²) in [6, 6.07) is 12.4. The molecule has 1 atom stereocenters. The van der Waals surface area contributed by atoms with Gasteiger partial charge in [0, 0.05) is 30.7 Å². The lowest BCUT2D eigenvalue weighted by atomic mass is 10.1. The molecule has 254 valence electrons. The topological polar surface area (TPSA) is 125 Å². The number of aromatic nitrogens is 1. The second-order valence-electron chi connectivity index (χ2n) is 11.6. The predicted molar refractivity (Wildman–Crippen MR) is 187 cm³/mol. The fourth-order valence-corrected chi connectivity index (χ4v) is 5.32. The van der Waals surface area contributed by atoms with Crippen molar-refractivity contribution in [3.8, 4) is 5.75 Å². The summed E-state index contributed by atoms with van der Waals surface area (Å²) in [5.74, 6) is -0.305. The number of esters is 1. The number of methoxy groups -OCH3 is 1. The maximum absolute atomic E-state index is 14.0. The Labute approximate surface area is 281 Å². The minimum atomic E-state index is -0.556. The predicted octanol–water partition coefficient (Wildman–Crippen LogP) is 6.85. The lowest BCUT2D eigenvalue weighted by molar-refractivity contribution is -0.145. The van der Waals surface area contributed by atoms with Gasteiger partial charge in [-0.05, 0) is 104 Å². The van der Waals surface area contributed by atoms with Gasteiger partial charge in [0.1, 0.15) is 24.2 Å². The first-order chi connectivity index (χ1) is 23.2. The number of urea groups is 1. The van der Waals surface area contributed by atoms with Gasteiger partial charge < -0.3 is 30.4 Å². The second kappa shape index (κ2) is 17.7. The monoisotopic (exact) mass is 657 g/mol. The van der Waals surface area contributed by atoms with E-state index in [1.807, 2.05) is 32.1 Å². The van der Waals surface area contributed by atoms with Gasteiger partial charge in [-0.25, -0.2) is 9.18 Å². The number of aromatic amines is 1. The van der Waals surface area contributed by atoms with Crippen molar-refractivity contribution >= 4 is 34.9 Å². The molecule has 1 unspecified atom stereocenters. The van der Waals surface area contributed by atoms with E-state index in [1.165, 1.54) is 13.2 Å². The van der Waals surface area contributed by atoms with Gasteiger partial charge in [0.25, 0.3) is 5.91 Å². The van der Waals surface area contributed by atoms with E-state index in [1.54, 1.807) is 48.7 Å². The van der Waals surface area contributed by atoms with Gasteiger partial charge in [0.15, 0.2) is 0 Å². The molecule has 3 aromatic rings. The van der Waals surface area contributed by atoms with Crippen LogP contribution in [0.15, 0.2) is 85.1 Å². The van der Waals surface area contributed by atoms with Crippen LogP contribution in [0.3, 0.4) is 0 Å². The zero-order chi connectivity index (χ0) is 34.5. The Hall–Kier alpha value is -5.16. The van der Waals surface area contributed by atoms with Gasteiger partial charge in [0.2, 0.25) is 0 Å². The van der Waals surface area contributed by atoms with Crippen molar-refractivity contribution in [2.75, 3.05) is 44.0 Å². The SMILES string of the molecule is C=C(/C=C(\C=C/CC)COc1ccc(NC(=O)Nc2cc(C)ccc2F)cc1)c1cc(C(=O)NCCCN2CCCC2C(=O)OC)c[nH]1. The number of allylic oxidation sites excluding steroid dienone is 3. The summed E-state index contributed by atoms with van der Waals surface area (Å²) in [7, 11) is 1.41. The molecule has 0 spiro atoms. The molecule has 0 saturated carbocycles. The summed E-state index contributed by atoms with van der Waals surface area (Å²) in [6.45, 7) is 10.4. The Kier molecular flexibility index (Phi) is 13.1. The van der Waals surface area contributed by atoms with Crippen LogP contribution in [0.5, 0.6) is 5.75 Å². The fraction of sp³-hybridized carbons (Fsp3) is 0.324. The van der Waals surface area contributed by atoms with Crippen molar-refractivity contribution in [2.45, 2.75) is 45.6 Å². The van der Waals surface area contributed by atoms with Crippen LogP contribution in [0, 0.1) is 12.7 Å². The third-order valence-corrected chi connectivity index (χ3v) is 7.85. The number of aryl methyl sites for hydroxylation is 1. The molecule has 2 aromatic carbocycles. The van der Waals surface area contributed by atoms with Crippen molar-refractivity contribution in [1.82, 2.24) is 15.2 Å². The molecule has 0 aliphatic carbocycles. The number of rotatable bonds is 15. The number of H-pyrrole nitrogens is 1. The van der Waals surface area contributed by atoms with Crippen LogP contribution in [-0.2, 0) is 9.53 Å². The zero-order valence-corrected chi connectivity index (χ0v) is 27.7. The van der Waals surface area contributed by atoms with Gasteiger partial charge in [-0.3, -0.25) is 14.5 Å². The second-order valence-corrected chi connectivity index (χ2v) is 11.6. The van der Waals surface area contributed by atoms with Crippen molar-refractivity contribution < 1.29 is 28.2 Å². The molecule has 48 heavy (non-hydrogen) atoms. The van der Waals surface area contributed by atoms with E-state index in [-0.39, 0.29) is 30.2 Å². The number of nitrogens with zero attached hydrogens (tertiary/aromatic N) is 1. The third-order valence-electron chi connectivity index (χ3n) is 7.85. The average molecular weight is 658 g/mol. The molecule has 1 aliphatic rings. The Morgan fingerprint density at radius 3 is 2.67 bits per heavy atom. The minimum Gasteiger partial charge on any atom is -0.489 e. The quantitative estimate of drug-likeness (QED) is 0.0806. The van der Waals surface area contributed by atoms with Gasteiger partial charge in [-0.1, -0.05) is 31.7 Å². The summed E-state index contributed by atoms with van der Waals surface area (Å²) in [5.41, 5.74) is 4.23. The number of nitrogens with one attached hydrogen (secondary N) is 4. The summed E-state index contributed by atoms with van der Waals surface area (Å²) in [4.78, 5) is 42.3. The molecule has 3 amide bonds. The van der Waals surface area contributed by atoms with E-state index in [0.29, 0.717) is 41.4 Å². The van der Waals surface area contributed by atoms with Crippen LogP contribution >= 0.6 is 0 Å². The molecule has 1 aliphatic heterocycles. The number of amides is 3. The number of carbonyl (C=O) groups excluding carboxylic acids is 3. The Morgan fingerprint density at radius 2 is 1.92 bits per heavy atom. The standard InChI is InChI=1S/C37H44FN5O5/c1-5-6-9-27(24-48-30-14-12-29(13-15-30)41-37(46)42-33-20-25(2)11-16-31(33)38)21-26(3)32-22-28(23-40-32)35(44)39-17-8-19-43-18-7-10-34(43)36(45)47-4/h6,9,11-16,20-23,34,40H,3,5,7-8,10,17-19,24H2,1-2,4H3,(H,39,44)(H2,41,42,46)/b9-6-,27-21+. The number of anilines is 2. The molecular formula is C37H44FN5O5. The van der Waals surface area contributed by atoms with E-state index >= 15 is 0 Å². The van der Waals surface area contributed by atoms with Crippen molar-refractivity contribution in [3.63, 3.8) is 0 Å². The Balaban J connectivity index is 1.27. The average Bonchev–Trinajstić information content (AvgIpc) is 3.77. The first kappa shape index (κ1) is 35.7. The van der Waals surface area contributed by atoms with Crippen LogP contribution < -0.4 is 20.7 Å². The lowest BCUT2D eigenvalue weighted by Crippen LogP contribution is -2.38. The van der Waals surface area contributed by atoms with Crippen molar-refractivity contribution in [3.05, 3.63) is 108 Å². The Bertz CT molecular complexity index is 1650. The number of ether oxygens (including phenoxy) is 2. The number of likely N-dealkylation sites (tertiary alicyclic amines) is 1. The van der Waals surface area contributed by atoms with Crippen LogP contribution in [0.2, 0.25) is 0 Å². The molecule has 11 heteroatoms. The first-order valence-electron chi connectivity index (χ1n) is 16.1. The van der Waals surface area contributed by atoms with Gasteiger partial charge in [0.05, 0.1) is 18.4 Å². The number of benzene rings is 2. The van der Waals surface area contributed by atoms with Crippen LogP contribution in [0.4, 0.5) is 20.6 Å². The molecular weight excluding hydrogens is 613 g/mol. The van der Waals surface area contributed by atoms with Crippen molar-refractivity contribution in [2.24, 2.45) is 0 Å². The number of carbonyl (C=O) groups is 3. The molecule has 1 saturated heterocycles. The fourth-order valence-electron chi connectivity index (χ4n) is 5.32. The van der Waals surface area contributed by atoms with E-state index in [0.717, 1.165) is 43.4 Å². The summed E-state index contributed by atoms with van der Waals surface area (Å²) >= 11 is 0. The molecule has 4 rings (SSSR count). The van der Waals surface area contributed by atoms with E-state index in [2.05, 4.69) is 32.4 Å². The highest BCUT2D eigenvalue weighted by Gasteiger charge is 2.30. The molecule has 0 bridgehead atoms. The molecule has 10 nitrogen and oxygen atoms in total. The number of halogens is 1. The molecule has 2 heterocycles.